The molecule has 1 N–H and O–H groups in total. The Labute approximate surface area is 101 Å². The Balaban J connectivity index is 2.07. The van der Waals surface area contributed by atoms with Gasteiger partial charge in [-0.25, -0.2) is 0 Å². The molecule has 2 heterocycles. The Hall–Kier alpha value is -0.460. The third kappa shape index (κ3) is 2.53. The zero-order valence-corrected chi connectivity index (χ0v) is 10.5. The van der Waals surface area contributed by atoms with E-state index in [-0.39, 0.29) is 12.2 Å². The van der Waals surface area contributed by atoms with Gasteiger partial charge >= 0.3 is 0 Å². The summed E-state index contributed by atoms with van der Waals surface area (Å²) in [5.74, 6) is -0.693. The van der Waals surface area contributed by atoms with E-state index in [1.54, 1.807) is 6.08 Å². The van der Waals surface area contributed by atoms with E-state index in [0.29, 0.717) is 6.61 Å². The Morgan fingerprint density at radius 1 is 1.35 bits per heavy atom. The smallest absolute Gasteiger partial charge is 0.186 e. The number of hydrogen-bond donors (Lipinski definition) is 1. The SMILES string of the molecule is C=CCO[C@H]1O[C@H](C)[C@@H]2OC(C)(C)O[C@@H]2[C@H]1O. The molecule has 2 aliphatic rings. The van der Waals surface area contributed by atoms with Crippen molar-refractivity contribution >= 4 is 0 Å². The first-order valence-corrected chi connectivity index (χ1v) is 5.86. The van der Waals surface area contributed by atoms with Crippen LogP contribution in [-0.2, 0) is 18.9 Å². The van der Waals surface area contributed by atoms with Crippen LogP contribution in [0, 0.1) is 0 Å². The maximum atomic E-state index is 10.1. The molecule has 98 valence electrons. The van der Waals surface area contributed by atoms with Crippen LogP contribution < -0.4 is 0 Å². The lowest BCUT2D eigenvalue weighted by Gasteiger charge is -2.38. The van der Waals surface area contributed by atoms with Gasteiger partial charge in [-0.3, -0.25) is 0 Å². The van der Waals surface area contributed by atoms with Gasteiger partial charge in [-0.1, -0.05) is 6.08 Å². The molecule has 5 heteroatoms. The quantitative estimate of drug-likeness (QED) is 0.745. The normalized spacial score (nSPS) is 44.4. The zero-order chi connectivity index (χ0) is 12.6. The summed E-state index contributed by atoms with van der Waals surface area (Å²) in [4.78, 5) is 0. The third-order valence-corrected chi connectivity index (χ3v) is 2.97. The fraction of sp³-hybridized carbons (Fsp3) is 0.833. The van der Waals surface area contributed by atoms with E-state index in [9.17, 15) is 5.11 Å². The van der Waals surface area contributed by atoms with Gasteiger partial charge in [0.15, 0.2) is 12.1 Å². The Bertz CT molecular complexity index is 291. The van der Waals surface area contributed by atoms with Crippen LogP contribution in [0.15, 0.2) is 12.7 Å². The second-order valence-electron chi connectivity index (χ2n) is 4.89. The first kappa shape index (κ1) is 13.0. The Kier molecular flexibility index (Phi) is 3.56. The van der Waals surface area contributed by atoms with E-state index in [1.807, 2.05) is 20.8 Å². The second kappa shape index (κ2) is 4.66. The number of rotatable bonds is 3. The van der Waals surface area contributed by atoms with E-state index < -0.39 is 24.3 Å². The van der Waals surface area contributed by atoms with Gasteiger partial charge in [0.25, 0.3) is 0 Å². The first-order valence-electron chi connectivity index (χ1n) is 5.86. The number of hydrogen-bond acceptors (Lipinski definition) is 5. The van der Waals surface area contributed by atoms with Crippen LogP contribution in [-0.4, -0.2) is 48.2 Å². The van der Waals surface area contributed by atoms with Crippen LogP contribution in [0.3, 0.4) is 0 Å². The van der Waals surface area contributed by atoms with Crippen molar-refractivity contribution in [2.75, 3.05) is 6.61 Å². The van der Waals surface area contributed by atoms with Crippen molar-refractivity contribution in [3.63, 3.8) is 0 Å². The Morgan fingerprint density at radius 2 is 2.00 bits per heavy atom. The summed E-state index contributed by atoms with van der Waals surface area (Å²) in [5, 5.41) is 10.1. The molecule has 0 bridgehead atoms. The molecule has 2 saturated heterocycles. The van der Waals surface area contributed by atoms with Gasteiger partial charge in [-0.15, -0.1) is 6.58 Å². The predicted octanol–water partition coefficient (Wildman–Crippen LogP) is 0.815. The van der Waals surface area contributed by atoms with Crippen LogP contribution in [0.1, 0.15) is 20.8 Å². The molecule has 0 amide bonds. The standard InChI is InChI=1S/C12H20O5/c1-5-6-14-11-8(13)10-9(7(2)15-11)16-12(3,4)17-10/h5,7-11,13H,1,6H2,2-4H3/t7-,8-,9+,10-,11+/m1/s1. The number of aliphatic hydroxyl groups is 1. The highest BCUT2D eigenvalue weighted by molar-refractivity contribution is 4.95. The lowest BCUT2D eigenvalue weighted by atomic mass is 10.0. The molecule has 0 aromatic rings. The number of aliphatic hydroxyl groups excluding tert-OH is 1. The minimum Gasteiger partial charge on any atom is -0.385 e. The molecule has 2 fully saturated rings. The van der Waals surface area contributed by atoms with Crippen molar-refractivity contribution in [2.24, 2.45) is 0 Å². The highest BCUT2D eigenvalue weighted by atomic mass is 16.8. The molecule has 0 saturated carbocycles. The third-order valence-electron chi connectivity index (χ3n) is 2.97. The highest BCUT2D eigenvalue weighted by Crippen LogP contribution is 2.37. The summed E-state index contributed by atoms with van der Waals surface area (Å²) in [5.41, 5.74) is 0. The lowest BCUT2D eigenvalue weighted by molar-refractivity contribution is -0.270. The van der Waals surface area contributed by atoms with E-state index in [4.69, 9.17) is 18.9 Å². The van der Waals surface area contributed by atoms with Crippen molar-refractivity contribution in [3.05, 3.63) is 12.7 Å². The van der Waals surface area contributed by atoms with Gasteiger partial charge in [0, 0.05) is 0 Å². The summed E-state index contributed by atoms with van der Waals surface area (Å²) >= 11 is 0. The average molecular weight is 244 g/mol. The van der Waals surface area contributed by atoms with Crippen LogP contribution in [0.2, 0.25) is 0 Å². The van der Waals surface area contributed by atoms with E-state index >= 15 is 0 Å². The minimum absolute atomic E-state index is 0.181. The van der Waals surface area contributed by atoms with Crippen molar-refractivity contribution in [2.45, 2.75) is 57.3 Å². The van der Waals surface area contributed by atoms with Crippen molar-refractivity contribution in [1.29, 1.82) is 0 Å². The van der Waals surface area contributed by atoms with Crippen LogP contribution >= 0.6 is 0 Å². The van der Waals surface area contributed by atoms with E-state index in [1.165, 1.54) is 0 Å². The molecule has 0 aliphatic carbocycles. The van der Waals surface area contributed by atoms with Gasteiger partial charge in [0.1, 0.15) is 18.3 Å². The fourth-order valence-corrected chi connectivity index (χ4v) is 2.27. The van der Waals surface area contributed by atoms with Crippen molar-refractivity contribution in [1.82, 2.24) is 0 Å². The summed E-state index contributed by atoms with van der Waals surface area (Å²) in [7, 11) is 0. The summed E-state index contributed by atoms with van der Waals surface area (Å²) in [6, 6.07) is 0. The van der Waals surface area contributed by atoms with E-state index in [0.717, 1.165) is 0 Å². The molecule has 2 rings (SSSR count). The molecular formula is C12H20O5. The van der Waals surface area contributed by atoms with Gasteiger partial charge in [0.2, 0.25) is 0 Å². The van der Waals surface area contributed by atoms with E-state index in [2.05, 4.69) is 6.58 Å². The molecule has 5 atom stereocenters. The topological polar surface area (TPSA) is 57.2 Å². The number of ether oxygens (including phenoxy) is 4. The lowest BCUT2D eigenvalue weighted by Crippen LogP contribution is -2.56. The highest BCUT2D eigenvalue weighted by Gasteiger charge is 2.53. The molecule has 5 nitrogen and oxygen atoms in total. The van der Waals surface area contributed by atoms with Crippen LogP contribution in [0.5, 0.6) is 0 Å². The molecule has 0 spiro atoms. The molecule has 0 unspecified atom stereocenters. The van der Waals surface area contributed by atoms with Crippen LogP contribution in [0.25, 0.3) is 0 Å². The minimum atomic E-state index is -0.849. The summed E-state index contributed by atoms with van der Waals surface area (Å²) in [6.07, 6.45) is -0.783. The fourth-order valence-electron chi connectivity index (χ4n) is 2.27. The maximum absolute atomic E-state index is 10.1. The molecule has 0 radical (unpaired) electrons. The Morgan fingerprint density at radius 3 is 2.65 bits per heavy atom. The maximum Gasteiger partial charge on any atom is 0.186 e. The zero-order valence-electron chi connectivity index (χ0n) is 10.5. The molecular weight excluding hydrogens is 224 g/mol. The molecule has 0 aromatic heterocycles. The van der Waals surface area contributed by atoms with Crippen LogP contribution in [0.4, 0.5) is 0 Å². The average Bonchev–Trinajstić information content (AvgIpc) is 2.58. The second-order valence-corrected chi connectivity index (χ2v) is 4.89. The van der Waals surface area contributed by atoms with Gasteiger partial charge in [-0.05, 0) is 20.8 Å². The largest absolute Gasteiger partial charge is 0.385 e. The summed E-state index contributed by atoms with van der Waals surface area (Å²) < 4.78 is 22.3. The first-order chi connectivity index (χ1) is 7.94. The molecule has 17 heavy (non-hydrogen) atoms. The van der Waals surface area contributed by atoms with Gasteiger partial charge < -0.3 is 24.1 Å². The predicted molar refractivity (Wildman–Crippen MR) is 60.3 cm³/mol. The van der Waals surface area contributed by atoms with Crippen molar-refractivity contribution in [3.8, 4) is 0 Å². The van der Waals surface area contributed by atoms with Gasteiger partial charge in [-0.2, -0.15) is 0 Å². The molecule has 2 aliphatic heterocycles. The number of fused-ring (bicyclic) bond motifs is 1. The molecule has 0 aromatic carbocycles. The monoisotopic (exact) mass is 244 g/mol. The summed E-state index contributed by atoms with van der Waals surface area (Å²) in [6.45, 7) is 9.43. The van der Waals surface area contributed by atoms with Gasteiger partial charge in [0.05, 0.1) is 12.7 Å². The van der Waals surface area contributed by atoms with Crippen molar-refractivity contribution < 1.29 is 24.1 Å².